The van der Waals surface area contributed by atoms with Gasteiger partial charge in [-0.05, 0) is 11.6 Å². The summed E-state index contributed by atoms with van der Waals surface area (Å²) in [5.41, 5.74) is 0.305. The van der Waals surface area contributed by atoms with Crippen molar-refractivity contribution in [1.82, 2.24) is 0 Å². The lowest BCUT2D eigenvalue weighted by Crippen LogP contribution is -2.15. The first-order valence-corrected chi connectivity index (χ1v) is 4.12. The predicted octanol–water partition coefficient (Wildman–Crippen LogP) is 1.24. The molecule has 74 valence electrons. The summed E-state index contributed by atoms with van der Waals surface area (Å²) in [6.45, 7) is 0. The van der Waals surface area contributed by atoms with Crippen LogP contribution in [0.2, 0.25) is 5.02 Å². The smallest absolute Gasteiger partial charge is 0.372 e. The zero-order valence-electron chi connectivity index (χ0n) is 7.03. The summed E-state index contributed by atoms with van der Waals surface area (Å²) in [6, 6.07) is 4.34. The normalized spacial score (nSPS) is 9.79. The van der Waals surface area contributed by atoms with Gasteiger partial charge in [-0.25, -0.2) is 4.79 Å². The lowest BCUT2D eigenvalue weighted by atomic mass is 10.1. The minimum atomic E-state index is -1.51. The van der Waals surface area contributed by atoms with E-state index in [1.54, 1.807) is 0 Å². The number of hydrogen-bond acceptors (Lipinski definition) is 3. The standard InChI is InChI=1S/C9H7ClO4/c10-8-5(2-1-3-6(8)11)4-7(12)9(13)14/h1-3,11H,4H2,(H,13,14). The summed E-state index contributed by atoms with van der Waals surface area (Å²) in [4.78, 5) is 21.1. The molecule has 0 atom stereocenters. The van der Waals surface area contributed by atoms with E-state index in [-0.39, 0.29) is 17.2 Å². The molecule has 0 spiro atoms. The van der Waals surface area contributed by atoms with Gasteiger partial charge in [-0.3, -0.25) is 4.79 Å². The number of phenolic OH excluding ortho intramolecular Hbond substituents is 1. The van der Waals surface area contributed by atoms with E-state index in [1.165, 1.54) is 18.2 Å². The van der Waals surface area contributed by atoms with Crippen LogP contribution in [0, 0.1) is 0 Å². The third-order valence-electron chi connectivity index (χ3n) is 1.65. The van der Waals surface area contributed by atoms with Crippen LogP contribution in [0.4, 0.5) is 0 Å². The molecule has 0 unspecified atom stereocenters. The molecule has 0 amide bonds. The van der Waals surface area contributed by atoms with Crippen LogP contribution in [-0.2, 0) is 16.0 Å². The molecule has 4 nitrogen and oxygen atoms in total. The molecule has 0 aliphatic rings. The molecule has 0 aliphatic carbocycles. The van der Waals surface area contributed by atoms with E-state index in [2.05, 4.69) is 0 Å². The average Bonchev–Trinajstić information content (AvgIpc) is 2.12. The van der Waals surface area contributed by atoms with Gasteiger partial charge in [0.15, 0.2) is 0 Å². The van der Waals surface area contributed by atoms with Crippen molar-refractivity contribution in [3.63, 3.8) is 0 Å². The van der Waals surface area contributed by atoms with Crippen LogP contribution < -0.4 is 0 Å². The van der Waals surface area contributed by atoms with Gasteiger partial charge in [0.25, 0.3) is 0 Å². The summed E-state index contributed by atoms with van der Waals surface area (Å²) in [6.07, 6.45) is -0.317. The first-order chi connectivity index (χ1) is 6.52. The topological polar surface area (TPSA) is 74.6 Å². The van der Waals surface area contributed by atoms with Gasteiger partial charge < -0.3 is 10.2 Å². The molecule has 0 aliphatic heterocycles. The second kappa shape index (κ2) is 4.11. The van der Waals surface area contributed by atoms with Crippen molar-refractivity contribution in [2.75, 3.05) is 0 Å². The Hall–Kier alpha value is -1.55. The highest BCUT2D eigenvalue weighted by atomic mass is 35.5. The Morgan fingerprint density at radius 1 is 1.36 bits per heavy atom. The first kappa shape index (κ1) is 10.5. The number of halogens is 1. The van der Waals surface area contributed by atoms with Crippen molar-refractivity contribution in [2.24, 2.45) is 0 Å². The number of phenols is 1. The first-order valence-electron chi connectivity index (χ1n) is 3.75. The highest BCUT2D eigenvalue weighted by Crippen LogP contribution is 2.26. The molecular weight excluding hydrogens is 208 g/mol. The molecule has 1 aromatic rings. The van der Waals surface area contributed by atoms with E-state index >= 15 is 0 Å². The molecular formula is C9H7ClO4. The third-order valence-corrected chi connectivity index (χ3v) is 2.08. The molecule has 1 rings (SSSR count). The summed E-state index contributed by atoms with van der Waals surface area (Å²) in [5.74, 6) is -2.63. The monoisotopic (exact) mass is 214 g/mol. The van der Waals surface area contributed by atoms with E-state index in [4.69, 9.17) is 21.8 Å². The van der Waals surface area contributed by atoms with E-state index < -0.39 is 11.8 Å². The summed E-state index contributed by atoms with van der Waals surface area (Å²) in [7, 11) is 0. The number of rotatable bonds is 3. The second-order valence-corrected chi connectivity index (χ2v) is 3.03. The molecule has 0 saturated carbocycles. The Morgan fingerprint density at radius 3 is 2.57 bits per heavy atom. The predicted molar refractivity (Wildman–Crippen MR) is 49.5 cm³/mol. The Bertz CT molecular complexity index is 386. The number of benzene rings is 1. The lowest BCUT2D eigenvalue weighted by Gasteiger charge is -2.02. The molecule has 0 aromatic heterocycles. The fourth-order valence-electron chi connectivity index (χ4n) is 0.951. The largest absolute Gasteiger partial charge is 0.506 e. The molecule has 0 saturated heterocycles. The van der Waals surface area contributed by atoms with Gasteiger partial charge in [-0.15, -0.1) is 0 Å². The van der Waals surface area contributed by atoms with E-state index in [1.807, 2.05) is 0 Å². The van der Waals surface area contributed by atoms with Crippen LogP contribution in [0.5, 0.6) is 5.75 Å². The highest BCUT2D eigenvalue weighted by Gasteiger charge is 2.15. The Balaban J connectivity index is 2.93. The maximum Gasteiger partial charge on any atom is 0.372 e. The van der Waals surface area contributed by atoms with Crippen molar-refractivity contribution in [1.29, 1.82) is 0 Å². The maximum absolute atomic E-state index is 10.8. The van der Waals surface area contributed by atoms with Crippen LogP contribution in [0.25, 0.3) is 0 Å². The third kappa shape index (κ3) is 2.23. The summed E-state index contributed by atoms with van der Waals surface area (Å²) < 4.78 is 0. The summed E-state index contributed by atoms with van der Waals surface area (Å²) in [5, 5.41) is 17.5. The van der Waals surface area contributed by atoms with Gasteiger partial charge >= 0.3 is 5.97 Å². The molecule has 0 radical (unpaired) electrons. The van der Waals surface area contributed by atoms with Crippen molar-refractivity contribution in [3.8, 4) is 5.75 Å². The van der Waals surface area contributed by atoms with Gasteiger partial charge in [0.1, 0.15) is 5.75 Å². The van der Waals surface area contributed by atoms with Crippen LogP contribution in [0.1, 0.15) is 5.56 Å². The fourth-order valence-corrected chi connectivity index (χ4v) is 1.14. The number of Topliss-reactive ketones (excluding diaryl/α,β-unsaturated/α-hetero) is 1. The van der Waals surface area contributed by atoms with Crippen LogP contribution in [0.3, 0.4) is 0 Å². The molecule has 14 heavy (non-hydrogen) atoms. The van der Waals surface area contributed by atoms with Crippen LogP contribution in [0.15, 0.2) is 18.2 Å². The number of ketones is 1. The van der Waals surface area contributed by atoms with Crippen molar-refractivity contribution in [2.45, 2.75) is 6.42 Å². The molecule has 2 N–H and O–H groups in total. The highest BCUT2D eigenvalue weighted by molar-refractivity contribution is 6.35. The van der Waals surface area contributed by atoms with Crippen LogP contribution in [-0.4, -0.2) is 22.0 Å². The van der Waals surface area contributed by atoms with Gasteiger partial charge in [-0.1, -0.05) is 23.7 Å². The van der Waals surface area contributed by atoms with Crippen molar-refractivity contribution in [3.05, 3.63) is 28.8 Å². The van der Waals surface area contributed by atoms with Gasteiger partial charge in [-0.2, -0.15) is 0 Å². The van der Waals surface area contributed by atoms with Crippen molar-refractivity contribution < 1.29 is 19.8 Å². The number of carbonyl (C=O) groups is 2. The second-order valence-electron chi connectivity index (χ2n) is 2.66. The number of carboxylic acids is 1. The SMILES string of the molecule is O=C(O)C(=O)Cc1cccc(O)c1Cl. The molecule has 0 heterocycles. The lowest BCUT2D eigenvalue weighted by molar-refractivity contribution is -0.148. The Morgan fingerprint density at radius 2 is 2.00 bits per heavy atom. The summed E-state index contributed by atoms with van der Waals surface area (Å²) >= 11 is 5.65. The van der Waals surface area contributed by atoms with Crippen molar-refractivity contribution >= 4 is 23.4 Å². The number of hydrogen-bond donors (Lipinski definition) is 2. The molecule has 1 aromatic carbocycles. The molecule has 5 heteroatoms. The zero-order chi connectivity index (χ0) is 10.7. The van der Waals surface area contributed by atoms with Gasteiger partial charge in [0.05, 0.1) is 5.02 Å². The number of aromatic hydroxyl groups is 1. The fraction of sp³-hybridized carbons (Fsp3) is 0.111. The number of carbonyl (C=O) groups excluding carboxylic acids is 1. The average molecular weight is 215 g/mol. The van der Waals surface area contributed by atoms with E-state index in [0.29, 0.717) is 5.56 Å². The quantitative estimate of drug-likeness (QED) is 0.743. The number of aliphatic carboxylic acids is 1. The minimum Gasteiger partial charge on any atom is -0.506 e. The molecule has 0 bridgehead atoms. The van der Waals surface area contributed by atoms with Gasteiger partial charge in [0, 0.05) is 6.42 Å². The van der Waals surface area contributed by atoms with Crippen LogP contribution >= 0.6 is 11.6 Å². The molecule has 0 fully saturated rings. The minimum absolute atomic E-state index is 0.0158. The Kier molecular flexibility index (Phi) is 3.09. The maximum atomic E-state index is 10.8. The van der Waals surface area contributed by atoms with E-state index in [0.717, 1.165) is 0 Å². The number of carboxylic acid groups (broad SMARTS) is 1. The van der Waals surface area contributed by atoms with Gasteiger partial charge in [0.2, 0.25) is 5.78 Å². The Labute approximate surface area is 84.7 Å². The zero-order valence-corrected chi connectivity index (χ0v) is 7.78. The van der Waals surface area contributed by atoms with E-state index in [9.17, 15) is 9.59 Å².